The minimum Gasteiger partial charge on any atom is -0.311 e. The Bertz CT molecular complexity index is 2210. The van der Waals surface area contributed by atoms with Crippen molar-refractivity contribution in [3.05, 3.63) is 192 Å². The SMILES string of the molecule is CC(C)(C)c1ccc(N(c2ccc(/C=C/c3ccc(N(c4ccccc4)c4ccc5ccccc5c4)cc3)cc2)c2ccc(C(C)(C)C)cc2)cc1. The van der Waals surface area contributed by atoms with Gasteiger partial charge in [0, 0.05) is 34.1 Å². The molecule has 7 rings (SSSR count). The third-order valence-corrected chi connectivity index (χ3v) is 9.76. The van der Waals surface area contributed by atoms with E-state index < -0.39 is 0 Å². The van der Waals surface area contributed by atoms with Crippen LogP contribution in [0, 0.1) is 0 Å². The molecule has 0 atom stereocenters. The Kier molecular flexibility index (Phi) is 9.58. The molecule has 2 nitrogen and oxygen atoms in total. The van der Waals surface area contributed by atoms with Crippen LogP contribution in [0.3, 0.4) is 0 Å². The highest BCUT2D eigenvalue weighted by atomic mass is 15.1. The van der Waals surface area contributed by atoms with Crippen molar-refractivity contribution in [3.8, 4) is 0 Å². The summed E-state index contributed by atoms with van der Waals surface area (Å²) >= 11 is 0. The van der Waals surface area contributed by atoms with Crippen LogP contribution in [-0.2, 0) is 10.8 Å². The summed E-state index contributed by atoms with van der Waals surface area (Å²) in [6.45, 7) is 13.6. The molecule has 0 fully saturated rings. The summed E-state index contributed by atoms with van der Waals surface area (Å²) in [5, 5.41) is 2.47. The number of hydrogen-bond donors (Lipinski definition) is 0. The Morgan fingerprint density at radius 1 is 0.327 bits per heavy atom. The normalized spacial score (nSPS) is 12.0. The van der Waals surface area contributed by atoms with Crippen molar-refractivity contribution in [1.82, 2.24) is 0 Å². The highest BCUT2D eigenvalue weighted by molar-refractivity contribution is 5.89. The molecule has 0 aliphatic carbocycles. The Morgan fingerprint density at radius 3 is 1.12 bits per heavy atom. The van der Waals surface area contributed by atoms with Crippen LogP contribution >= 0.6 is 0 Å². The van der Waals surface area contributed by atoms with Crippen LogP contribution in [-0.4, -0.2) is 0 Å². The van der Waals surface area contributed by atoms with Crippen molar-refractivity contribution < 1.29 is 0 Å². The zero-order valence-electron chi connectivity index (χ0n) is 31.2. The van der Waals surface area contributed by atoms with E-state index in [4.69, 9.17) is 0 Å². The Labute approximate surface area is 310 Å². The van der Waals surface area contributed by atoms with Gasteiger partial charge in [-0.3, -0.25) is 0 Å². The smallest absolute Gasteiger partial charge is 0.0468 e. The minimum absolute atomic E-state index is 0.102. The fourth-order valence-electron chi connectivity index (χ4n) is 6.67. The lowest BCUT2D eigenvalue weighted by molar-refractivity contribution is 0.590. The van der Waals surface area contributed by atoms with Gasteiger partial charge in [0.2, 0.25) is 0 Å². The van der Waals surface area contributed by atoms with Crippen LogP contribution in [0.2, 0.25) is 0 Å². The number of anilines is 6. The van der Waals surface area contributed by atoms with Crippen LogP contribution in [0.4, 0.5) is 34.1 Å². The first kappa shape index (κ1) is 34.6. The number of hydrogen-bond acceptors (Lipinski definition) is 2. The lowest BCUT2D eigenvalue weighted by Gasteiger charge is -2.28. The molecule has 0 N–H and O–H groups in total. The second-order valence-corrected chi connectivity index (χ2v) is 15.6. The lowest BCUT2D eigenvalue weighted by Crippen LogP contribution is -2.14. The minimum atomic E-state index is 0.102. The van der Waals surface area contributed by atoms with Crippen molar-refractivity contribution in [2.75, 3.05) is 9.80 Å². The molecule has 0 bridgehead atoms. The molecule has 258 valence electrons. The molecule has 0 amide bonds. The van der Waals surface area contributed by atoms with Crippen LogP contribution in [0.5, 0.6) is 0 Å². The van der Waals surface area contributed by atoms with Crippen molar-refractivity contribution in [3.63, 3.8) is 0 Å². The first-order valence-electron chi connectivity index (χ1n) is 18.3. The fraction of sp³-hybridized carbons (Fsp3) is 0.160. The number of nitrogens with zero attached hydrogens (tertiary/aromatic N) is 2. The van der Waals surface area contributed by atoms with Crippen LogP contribution in [0.15, 0.2) is 170 Å². The molecule has 0 saturated heterocycles. The summed E-state index contributed by atoms with van der Waals surface area (Å²) in [7, 11) is 0. The molecule has 0 aliphatic rings. The van der Waals surface area contributed by atoms with Crippen LogP contribution in [0.25, 0.3) is 22.9 Å². The molecule has 0 heterocycles. The first-order chi connectivity index (χ1) is 25.0. The van der Waals surface area contributed by atoms with E-state index in [1.54, 1.807) is 0 Å². The highest BCUT2D eigenvalue weighted by Gasteiger charge is 2.19. The number of rotatable bonds is 8. The molecule has 7 aromatic carbocycles. The molecule has 0 aliphatic heterocycles. The van der Waals surface area contributed by atoms with Gasteiger partial charge in [-0.1, -0.05) is 151 Å². The summed E-state index contributed by atoms with van der Waals surface area (Å²) in [5.74, 6) is 0. The van der Waals surface area contributed by atoms with Gasteiger partial charge in [0.25, 0.3) is 0 Å². The van der Waals surface area contributed by atoms with E-state index in [2.05, 4.69) is 233 Å². The van der Waals surface area contributed by atoms with E-state index in [1.807, 2.05) is 0 Å². The summed E-state index contributed by atoms with van der Waals surface area (Å²) in [4.78, 5) is 4.66. The number of para-hydroxylation sites is 1. The quantitative estimate of drug-likeness (QED) is 0.148. The van der Waals surface area contributed by atoms with Crippen molar-refractivity contribution >= 4 is 57.0 Å². The largest absolute Gasteiger partial charge is 0.311 e. The van der Waals surface area contributed by atoms with Crippen molar-refractivity contribution in [1.29, 1.82) is 0 Å². The van der Waals surface area contributed by atoms with Gasteiger partial charge in [0.05, 0.1) is 0 Å². The van der Waals surface area contributed by atoms with Gasteiger partial charge in [-0.05, 0) is 117 Å². The van der Waals surface area contributed by atoms with E-state index >= 15 is 0 Å². The molecular formula is C50H48N2. The van der Waals surface area contributed by atoms with E-state index in [-0.39, 0.29) is 10.8 Å². The topological polar surface area (TPSA) is 6.48 Å². The molecule has 52 heavy (non-hydrogen) atoms. The maximum atomic E-state index is 2.35. The van der Waals surface area contributed by atoms with E-state index in [9.17, 15) is 0 Å². The van der Waals surface area contributed by atoms with E-state index in [1.165, 1.54) is 21.9 Å². The standard InChI is InChI=1S/C50H48N2/c1-49(2,3)41-23-32-46(33-24-41)51(47-34-25-42(26-35-47)50(4,5)6)44-27-18-37(19-28-44)16-17-38-20-29-45(30-21-38)52(43-14-8-7-9-15-43)48-31-22-39-12-10-11-13-40(39)36-48/h7-36H,1-6H3/b17-16+. The first-order valence-corrected chi connectivity index (χ1v) is 18.3. The van der Waals surface area contributed by atoms with Crippen molar-refractivity contribution in [2.45, 2.75) is 52.4 Å². The summed E-state index contributed by atoms with van der Waals surface area (Å²) in [6.07, 6.45) is 4.38. The molecule has 0 spiro atoms. The maximum Gasteiger partial charge on any atom is 0.0468 e. The van der Waals surface area contributed by atoms with E-state index in [0.29, 0.717) is 0 Å². The monoisotopic (exact) mass is 676 g/mol. The summed E-state index contributed by atoms with van der Waals surface area (Å²) in [5.41, 5.74) is 12.0. The molecule has 0 aromatic heterocycles. The third kappa shape index (κ3) is 7.72. The van der Waals surface area contributed by atoms with Crippen LogP contribution in [0.1, 0.15) is 63.8 Å². The second-order valence-electron chi connectivity index (χ2n) is 15.6. The van der Waals surface area contributed by atoms with Crippen molar-refractivity contribution in [2.24, 2.45) is 0 Å². The number of fused-ring (bicyclic) bond motifs is 1. The predicted octanol–water partition coefficient (Wildman–Crippen LogP) is 14.5. The van der Waals surface area contributed by atoms with Gasteiger partial charge >= 0.3 is 0 Å². The molecular weight excluding hydrogens is 629 g/mol. The van der Waals surface area contributed by atoms with Gasteiger partial charge in [-0.15, -0.1) is 0 Å². The fourth-order valence-corrected chi connectivity index (χ4v) is 6.67. The Morgan fingerprint density at radius 2 is 0.673 bits per heavy atom. The van der Waals surface area contributed by atoms with Gasteiger partial charge in [-0.25, -0.2) is 0 Å². The molecule has 2 heteroatoms. The predicted molar refractivity (Wildman–Crippen MR) is 226 cm³/mol. The van der Waals surface area contributed by atoms with Gasteiger partial charge in [-0.2, -0.15) is 0 Å². The Balaban J connectivity index is 1.14. The van der Waals surface area contributed by atoms with Gasteiger partial charge in [0.15, 0.2) is 0 Å². The zero-order valence-corrected chi connectivity index (χ0v) is 31.2. The molecule has 0 saturated carbocycles. The van der Waals surface area contributed by atoms with E-state index in [0.717, 1.165) is 45.3 Å². The Hall–Kier alpha value is -5.86. The average molecular weight is 677 g/mol. The molecule has 7 aromatic rings. The molecule has 0 unspecified atom stereocenters. The summed E-state index contributed by atoms with van der Waals surface area (Å²) in [6, 6.07) is 61.4. The highest BCUT2D eigenvalue weighted by Crippen LogP contribution is 2.38. The van der Waals surface area contributed by atoms with Crippen LogP contribution < -0.4 is 9.80 Å². The number of benzene rings is 7. The lowest BCUT2D eigenvalue weighted by atomic mass is 9.86. The second kappa shape index (κ2) is 14.4. The summed E-state index contributed by atoms with van der Waals surface area (Å²) < 4.78 is 0. The van der Waals surface area contributed by atoms with Gasteiger partial charge < -0.3 is 9.80 Å². The van der Waals surface area contributed by atoms with Gasteiger partial charge in [0.1, 0.15) is 0 Å². The molecule has 0 radical (unpaired) electrons. The third-order valence-electron chi connectivity index (χ3n) is 9.76. The average Bonchev–Trinajstić information content (AvgIpc) is 3.15. The zero-order chi connectivity index (χ0) is 36.3. The maximum absolute atomic E-state index is 2.35.